The minimum atomic E-state index is 0.382. The van der Waals surface area contributed by atoms with Crippen LogP contribution in [0.1, 0.15) is 36.7 Å². The summed E-state index contributed by atoms with van der Waals surface area (Å²) in [6.07, 6.45) is 0. The second-order valence-electron chi connectivity index (χ2n) is 6.30. The maximum absolute atomic E-state index is 5.98. The van der Waals surface area contributed by atoms with Gasteiger partial charge in [-0.3, -0.25) is 0 Å². The predicted octanol–water partition coefficient (Wildman–Crippen LogP) is 4.57. The van der Waals surface area contributed by atoms with Gasteiger partial charge >= 0.3 is 0 Å². The lowest BCUT2D eigenvalue weighted by Gasteiger charge is -2.15. The summed E-state index contributed by atoms with van der Waals surface area (Å²) in [4.78, 5) is 0. The Balaban J connectivity index is 1.92. The predicted molar refractivity (Wildman–Crippen MR) is 95.7 cm³/mol. The van der Waals surface area contributed by atoms with E-state index in [9.17, 15) is 0 Å². The third kappa shape index (κ3) is 3.25. The molecule has 0 amide bonds. The summed E-state index contributed by atoms with van der Waals surface area (Å²) in [6, 6.07) is 17.2. The highest BCUT2D eigenvalue weighted by Crippen LogP contribution is 2.26. The van der Waals surface area contributed by atoms with Crippen LogP contribution in [0.5, 0.6) is 5.75 Å². The van der Waals surface area contributed by atoms with Crippen molar-refractivity contribution < 1.29 is 4.74 Å². The maximum atomic E-state index is 5.98. The van der Waals surface area contributed by atoms with Crippen molar-refractivity contribution >= 4 is 10.9 Å². The van der Waals surface area contributed by atoms with Crippen LogP contribution >= 0.6 is 0 Å². The molecule has 0 bridgehead atoms. The van der Waals surface area contributed by atoms with Crippen molar-refractivity contribution in [1.29, 1.82) is 0 Å². The van der Waals surface area contributed by atoms with Gasteiger partial charge < -0.3 is 15.0 Å². The molecule has 0 aliphatic heterocycles. The summed E-state index contributed by atoms with van der Waals surface area (Å²) in [5.74, 6) is 0.902. The second-order valence-corrected chi connectivity index (χ2v) is 6.30. The lowest BCUT2D eigenvalue weighted by atomic mass is 10.1. The molecule has 0 spiro atoms. The van der Waals surface area contributed by atoms with Crippen molar-refractivity contribution in [2.45, 2.75) is 40.0 Å². The van der Waals surface area contributed by atoms with E-state index in [1.807, 2.05) is 12.1 Å². The minimum Gasteiger partial charge on any atom is -0.487 e. The fourth-order valence-electron chi connectivity index (χ4n) is 2.98. The Morgan fingerprint density at radius 3 is 2.43 bits per heavy atom. The first-order chi connectivity index (χ1) is 11.1. The van der Waals surface area contributed by atoms with Crippen LogP contribution in [0.2, 0.25) is 0 Å². The van der Waals surface area contributed by atoms with Crippen molar-refractivity contribution in [3.8, 4) is 5.75 Å². The van der Waals surface area contributed by atoms with Crippen LogP contribution in [0.4, 0.5) is 0 Å². The van der Waals surface area contributed by atoms with E-state index in [0.29, 0.717) is 19.2 Å². The van der Waals surface area contributed by atoms with Crippen molar-refractivity contribution in [3.63, 3.8) is 0 Å². The number of rotatable bonds is 5. The van der Waals surface area contributed by atoms with Crippen LogP contribution < -0.4 is 10.5 Å². The molecule has 23 heavy (non-hydrogen) atoms. The van der Waals surface area contributed by atoms with Gasteiger partial charge in [0, 0.05) is 23.5 Å². The van der Waals surface area contributed by atoms with Gasteiger partial charge in [-0.05, 0) is 56.7 Å². The molecule has 1 aromatic heterocycles. The molecule has 0 atom stereocenters. The van der Waals surface area contributed by atoms with Crippen LogP contribution in [0.3, 0.4) is 0 Å². The first-order valence-corrected chi connectivity index (χ1v) is 8.11. The summed E-state index contributed by atoms with van der Waals surface area (Å²) in [5.41, 5.74) is 10.6. The van der Waals surface area contributed by atoms with E-state index in [-0.39, 0.29) is 0 Å². The fourth-order valence-corrected chi connectivity index (χ4v) is 2.98. The molecule has 0 saturated carbocycles. The van der Waals surface area contributed by atoms with E-state index in [1.165, 1.54) is 22.2 Å². The Morgan fingerprint density at radius 1 is 1.04 bits per heavy atom. The SMILES string of the molecule is Cc1ccc(OCc2cc3cc(CN)ccc3n2C(C)C)cc1. The normalized spacial score (nSPS) is 11.3. The number of nitrogens with zero attached hydrogens (tertiary/aromatic N) is 1. The van der Waals surface area contributed by atoms with Crippen molar-refractivity contribution in [2.75, 3.05) is 0 Å². The van der Waals surface area contributed by atoms with Gasteiger partial charge in [0.2, 0.25) is 0 Å². The third-order valence-electron chi connectivity index (χ3n) is 4.14. The van der Waals surface area contributed by atoms with Gasteiger partial charge in [-0.1, -0.05) is 23.8 Å². The lowest BCUT2D eigenvalue weighted by molar-refractivity contribution is 0.293. The standard InChI is InChI=1S/C20H24N2O/c1-14(2)22-18(13-23-19-7-4-15(3)5-8-19)11-17-10-16(12-21)6-9-20(17)22/h4-11,14H,12-13,21H2,1-3H3. The number of nitrogens with two attached hydrogens (primary N) is 1. The molecule has 120 valence electrons. The average molecular weight is 308 g/mol. The Hall–Kier alpha value is -2.26. The van der Waals surface area contributed by atoms with Gasteiger partial charge in [-0.2, -0.15) is 0 Å². The Labute approximate surface area is 137 Å². The smallest absolute Gasteiger partial charge is 0.128 e. The molecule has 0 radical (unpaired) electrons. The highest BCUT2D eigenvalue weighted by Gasteiger charge is 2.12. The van der Waals surface area contributed by atoms with Crippen molar-refractivity contribution in [3.05, 3.63) is 65.4 Å². The first kappa shape index (κ1) is 15.6. The lowest BCUT2D eigenvalue weighted by Crippen LogP contribution is -2.08. The molecular formula is C20H24N2O. The number of hydrogen-bond donors (Lipinski definition) is 1. The number of aryl methyl sites for hydroxylation is 1. The maximum Gasteiger partial charge on any atom is 0.128 e. The molecule has 3 aromatic rings. The van der Waals surface area contributed by atoms with Gasteiger partial charge in [0.05, 0.1) is 5.69 Å². The molecule has 1 heterocycles. The van der Waals surface area contributed by atoms with Crippen molar-refractivity contribution in [2.24, 2.45) is 5.73 Å². The molecule has 3 heteroatoms. The summed E-state index contributed by atoms with van der Waals surface area (Å²) in [5, 5.41) is 1.23. The van der Waals surface area contributed by atoms with E-state index in [4.69, 9.17) is 10.5 Å². The second kappa shape index (κ2) is 6.47. The van der Waals surface area contributed by atoms with Crippen LogP contribution in [0, 0.1) is 6.92 Å². The fraction of sp³-hybridized carbons (Fsp3) is 0.300. The van der Waals surface area contributed by atoms with Gasteiger partial charge in [0.25, 0.3) is 0 Å². The van der Waals surface area contributed by atoms with Crippen LogP contribution in [-0.2, 0) is 13.2 Å². The van der Waals surface area contributed by atoms with E-state index in [2.05, 4.69) is 61.7 Å². The zero-order chi connectivity index (χ0) is 16.4. The summed E-state index contributed by atoms with van der Waals surface area (Å²) >= 11 is 0. The molecule has 0 aliphatic rings. The summed E-state index contributed by atoms with van der Waals surface area (Å²) in [6.45, 7) is 7.61. The zero-order valence-electron chi connectivity index (χ0n) is 14.0. The largest absolute Gasteiger partial charge is 0.487 e. The molecule has 3 nitrogen and oxygen atoms in total. The van der Waals surface area contributed by atoms with Crippen molar-refractivity contribution in [1.82, 2.24) is 4.57 Å². The number of aromatic nitrogens is 1. The van der Waals surface area contributed by atoms with Crippen LogP contribution in [0.25, 0.3) is 10.9 Å². The monoisotopic (exact) mass is 308 g/mol. The number of ether oxygens (including phenoxy) is 1. The first-order valence-electron chi connectivity index (χ1n) is 8.11. The number of benzene rings is 2. The number of hydrogen-bond acceptors (Lipinski definition) is 2. The van der Waals surface area contributed by atoms with Gasteiger partial charge in [-0.25, -0.2) is 0 Å². The molecule has 0 aliphatic carbocycles. The molecule has 0 saturated heterocycles. The average Bonchev–Trinajstić information content (AvgIpc) is 2.91. The molecule has 2 N–H and O–H groups in total. The Morgan fingerprint density at radius 2 is 1.78 bits per heavy atom. The van der Waals surface area contributed by atoms with Crippen LogP contribution in [-0.4, -0.2) is 4.57 Å². The molecule has 0 fully saturated rings. The van der Waals surface area contributed by atoms with Crippen LogP contribution in [0.15, 0.2) is 48.5 Å². The van der Waals surface area contributed by atoms with Gasteiger partial charge in [0.15, 0.2) is 0 Å². The quantitative estimate of drug-likeness (QED) is 0.750. The number of fused-ring (bicyclic) bond motifs is 1. The third-order valence-corrected chi connectivity index (χ3v) is 4.14. The highest BCUT2D eigenvalue weighted by molar-refractivity contribution is 5.82. The topological polar surface area (TPSA) is 40.2 Å². The van der Waals surface area contributed by atoms with E-state index >= 15 is 0 Å². The zero-order valence-corrected chi connectivity index (χ0v) is 14.0. The summed E-state index contributed by atoms with van der Waals surface area (Å²) in [7, 11) is 0. The molecule has 3 rings (SSSR count). The summed E-state index contributed by atoms with van der Waals surface area (Å²) < 4.78 is 8.32. The minimum absolute atomic E-state index is 0.382. The van der Waals surface area contributed by atoms with E-state index < -0.39 is 0 Å². The highest BCUT2D eigenvalue weighted by atomic mass is 16.5. The van der Waals surface area contributed by atoms with E-state index in [0.717, 1.165) is 11.3 Å². The Bertz CT molecular complexity index is 800. The van der Waals surface area contributed by atoms with Gasteiger partial charge in [0.1, 0.15) is 12.4 Å². The Kier molecular flexibility index (Phi) is 4.39. The molecule has 0 unspecified atom stereocenters. The van der Waals surface area contributed by atoms with Gasteiger partial charge in [-0.15, -0.1) is 0 Å². The molecular weight excluding hydrogens is 284 g/mol. The molecule has 2 aromatic carbocycles. The van der Waals surface area contributed by atoms with E-state index in [1.54, 1.807) is 0 Å².